The topological polar surface area (TPSA) is 73.9 Å². The van der Waals surface area contributed by atoms with Crippen LogP contribution in [0.15, 0.2) is 41.3 Å². The van der Waals surface area contributed by atoms with Crippen molar-refractivity contribution in [2.75, 3.05) is 6.61 Å². The molecule has 0 bridgehead atoms. The van der Waals surface area contributed by atoms with Crippen molar-refractivity contribution in [1.29, 1.82) is 0 Å². The Morgan fingerprint density at radius 3 is 2.91 bits per heavy atom. The summed E-state index contributed by atoms with van der Waals surface area (Å²) >= 11 is 0. The molecule has 0 amide bonds. The molecule has 6 heteroatoms. The third kappa shape index (κ3) is 1.95. The molecule has 2 aromatic heterocycles. The third-order valence-corrected chi connectivity index (χ3v) is 3.79. The molecular formula is C16H14N4O2. The number of benzene rings is 1. The van der Waals surface area contributed by atoms with Crippen molar-refractivity contribution in [3.05, 3.63) is 42.4 Å². The molecule has 0 unspecified atom stereocenters. The van der Waals surface area contributed by atoms with Gasteiger partial charge in [0.2, 0.25) is 5.82 Å². The van der Waals surface area contributed by atoms with E-state index in [-0.39, 0.29) is 5.41 Å². The van der Waals surface area contributed by atoms with Crippen molar-refractivity contribution in [2.45, 2.75) is 19.3 Å². The Kier molecular flexibility index (Phi) is 2.72. The number of rotatable bonds is 2. The van der Waals surface area contributed by atoms with Gasteiger partial charge in [-0.2, -0.15) is 4.98 Å². The van der Waals surface area contributed by atoms with E-state index in [1.165, 1.54) is 6.33 Å². The molecule has 6 nitrogen and oxygen atoms in total. The van der Waals surface area contributed by atoms with Gasteiger partial charge in [0.25, 0.3) is 5.89 Å². The summed E-state index contributed by atoms with van der Waals surface area (Å²) in [6, 6.07) is 7.73. The second-order valence-corrected chi connectivity index (χ2v) is 5.87. The lowest BCUT2D eigenvalue weighted by Gasteiger charge is -2.14. The number of hydrogen-bond acceptors (Lipinski definition) is 6. The van der Waals surface area contributed by atoms with Crippen molar-refractivity contribution in [3.63, 3.8) is 0 Å². The van der Waals surface area contributed by atoms with E-state index < -0.39 is 0 Å². The Morgan fingerprint density at radius 1 is 1.18 bits per heavy atom. The first kappa shape index (κ1) is 12.9. The molecule has 0 radical (unpaired) electrons. The van der Waals surface area contributed by atoms with Gasteiger partial charge in [0.15, 0.2) is 0 Å². The van der Waals surface area contributed by atoms with Gasteiger partial charge in [-0.3, -0.25) is 0 Å². The van der Waals surface area contributed by atoms with Gasteiger partial charge in [0.1, 0.15) is 17.8 Å². The molecule has 1 aromatic carbocycles. The van der Waals surface area contributed by atoms with Gasteiger partial charge >= 0.3 is 0 Å². The molecule has 22 heavy (non-hydrogen) atoms. The van der Waals surface area contributed by atoms with Gasteiger partial charge in [-0.15, -0.1) is 0 Å². The Labute approximate surface area is 127 Å². The Morgan fingerprint density at radius 2 is 2.09 bits per heavy atom. The molecular weight excluding hydrogens is 280 g/mol. The highest BCUT2D eigenvalue weighted by atomic mass is 16.5. The van der Waals surface area contributed by atoms with E-state index in [0.29, 0.717) is 24.0 Å². The van der Waals surface area contributed by atoms with E-state index in [0.717, 1.165) is 16.9 Å². The SMILES string of the molecule is CC1(C)COc2c(-c3nc(-c4ccncn4)no3)cccc21. The third-order valence-electron chi connectivity index (χ3n) is 3.79. The zero-order chi connectivity index (χ0) is 15.2. The summed E-state index contributed by atoms with van der Waals surface area (Å²) in [7, 11) is 0. The average Bonchev–Trinajstić information content (AvgIpc) is 3.14. The molecule has 0 N–H and O–H groups in total. The summed E-state index contributed by atoms with van der Waals surface area (Å²) in [4.78, 5) is 12.4. The summed E-state index contributed by atoms with van der Waals surface area (Å²) in [5.41, 5.74) is 2.59. The normalized spacial score (nSPS) is 15.4. The summed E-state index contributed by atoms with van der Waals surface area (Å²) in [5.74, 6) is 1.70. The van der Waals surface area contributed by atoms with E-state index in [4.69, 9.17) is 9.26 Å². The fourth-order valence-electron chi connectivity index (χ4n) is 2.58. The molecule has 3 aromatic rings. The largest absolute Gasteiger partial charge is 0.492 e. The Balaban J connectivity index is 1.79. The monoisotopic (exact) mass is 294 g/mol. The minimum Gasteiger partial charge on any atom is -0.492 e. The number of hydrogen-bond donors (Lipinski definition) is 0. The van der Waals surface area contributed by atoms with E-state index >= 15 is 0 Å². The molecule has 0 aliphatic carbocycles. The zero-order valence-corrected chi connectivity index (χ0v) is 12.3. The first-order chi connectivity index (χ1) is 10.6. The number of para-hydroxylation sites is 1. The van der Waals surface area contributed by atoms with Crippen molar-refractivity contribution >= 4 is 0 Å². The number of ether oxygens (including phenoxy) is 1. The minimum atomic E-state index is -0.0130. The lowest BCUT2D eigenvalue weighted by molar-refractivity contribution is 0.291. The predicted octanol–water partition coefficient (Wildman–Crippen LogP) is 2.86. The van der Waals surface area contributed by atoms with Crippen LogP contribution in [0, 0.1) is 0 Å². The van der Waals surface area contributed by atoms with Crippen LogP contribution in [0.5, 0.6) is 5.75 Å². The standard InChI is InChI=1S/C16H14N4O2/c1-16(2)8-21-13-10(4-3-5-11(13)16)15-19-14(20-22-15)12-6-7-17-9-18-12/h3-7,9H,8H2,1-2H3. The quantitative estimate of drug-likeness (QED) is 0.723. The van der Waals surface area contributed by atoms with Crippen LogP contribution >= 0.6 is 0 Å². The molecule has 0 fully saturated rings. The fourth-order valence-corrected chi connectivity index (χ4v) is 2.58. The van der Waals surface area contributed by atoms with E-state index in [2.05, 4.69) is 40.0 Å². The highest BCUT2D eigenvalue weighted by molar-refractivity contribution is 5.68. The van der Waals surface area contributed by atoms with Crippen LogP contribution in [0.2, 0.25) is 0 Å². The van der Waals surface area contributed by atoms with Gasteiger partial charge < -0.3 is 9.26 Å². The summed E-state index contributed by atoms with van der Waals surface area (Å²) in [6.45, 7) is 4.96. The highest BCUT2D eigenvalue weighted by Crippen LogP contribution is 2.44. The maximum Gasteiger partial charge on any atom is 0.262 e. The highest BCUT2D eigenvalue weighted by Gasteiger charge is 2.34. The molecule has 0 saturated carbocycles. The van der Waals surface area contributed by atoms with Crippen LogP contribution in [0.25, 0.3) is 23.0 Å². The Bertz CT molecular complexity index is 827. The fraction of sp³-hybridized carbons (Fsp3) is 0.250. The second kappa shape index (κ2) is 4.62. The maximum atomic E-state index is 5.86. The van der Waals surface area contributed by atoms with Gasteiger partial charge in [0, 0.05) is 17.2 Å². The lowest BCUT2D eigenvalue weighted by atomic mass is 9.86. The average molecular weight is 294 g/mol. The van der Waals surface area contributed by atoms with Crippen LogP contribution in [0.4, 0.5) is 0 Å². The summed E-state index contributed by atoms with van der Waals surface area (Å²) in [6.07, 6.45) is 3.10. The molecule has 0 atom stereocenters. The predicted molar refractivity (Wildman–Crippen MR) is 79.3 cm³/mol. The van der Waals surface area contributed by atoms with E-state index in [1.807, 2.05) is 12.1 Å². The van der Waals surface area contributed by atoms with Gasteiger partial charge in [-0.25, -0.2) is 9.97 Å². The van der Waals surface area contributed by atoms with Crippen molar-refractivity contribution in [3.8, 4) is 28.7 Å². The van der Waals surface area contributed by atoms with Crippen molar-refractivity contribution in [1.82, 2.24) is 20.1 Å². The van der Waals surface area contributed by atoms with E-state index in [9.17, 15) is 0 Å². The maximum absolute atomic E-state index is 5.86. The molecule has 110 valence electrons. The van der Waals surface area contributed by atoms with Crippen molar-refractivity contribution < 1.29 is 9.26 Å². The van der Waals surface area contributed by atoms with E-state index in [1.54, 1.807) is 12.3 Å². The smallest absolute Gasteiger partial charge is 0.262 e. The molecule has 1 aliphatic heterocycles. The van der Waals surface area contributed by atoms with Crippen LogP contribution in [-0.4, -0.2) is 26.7 Å². The first-order valence-corrected chi connectivity index (χ1v) is 7.02. The van der Waals surface area contributed by atoms with Crippen LogP contribution in [-0.2, 0) is 5.41 Å². The first-order valence-electron chi connectivity index (χ1n) is 7.02. The molecule has 1 aliphatic rings. The number of nitrogens with zero attached hydrogens (tertiary/aromatic N) is 4. The van der Waals surface area contributed by atoms with Crippen LogP contribution in [0.1, 0.15) is 19.4 Å². The molecule has 3 heterocycles. The van der Waals surface area contributed by atoms with Gasteiger partial charge in [-0.1, -0.05) is 31.1 Å². The summed E-state index contributed by atoms with van der Waals surface area (Å²) in [5, 5.41) is 3.99. The zero-order valence-electron chi connectivity index (χ0n) is 12.3. The second-order valence-electron chi connectivity index (χ2n) is 5.87. The molecule has 0 saturated heterocycles. The van der Waals surface area contributed by atoms with Crippen molar-refractivity contribution in [2.24, 2.45) is 0 Å². The summed E-state index contributed by atoms with van der Waals surface area (Å²) < 4.78 is 11.3. The molecule has 4 rings (SSSR count). The molecule has 0 spiro atoms. The van der Waals surface area contributed by atoms with Crippen LogP contribution in [0.3, 0.4) is 0 Å². The Hall–Kier alpha value is -2.76. The van der Waals surface area contributed by atoms with Gasteiger partial charge in [0.05, 0.1) is 12.2 Å². The number of fused-ring (bicyclic) bond motifs is 1. The van der Waals surface area contributed by atoms with Gasteiger partial charge in [-0.05, 0) is 12.1 Å². The lowest BCUT2D eigenvalue weighted by Crippen LogP contribution is -2.18. The minimum absolute atomic E-state index is 0.0130. The van der Waals surface area contributed by atoms with Crippen LogP contribution < -0.4 is 4.74 Å². The number of aromatic nitrogens is 4.